The van der Waals surface area contributed by atoms with Crippen LogP contribution in [0, 0.1) is 11.6 Å². The summed E-state index contributed by atoms with van der Waals surface area (Å²) in [4.78, 5) is 12.1. The fourth-order valence-electron chi connectivity index (χ4n) is 2.63. The second kappa shape index (κ2) is 8.94. The van der Waals surface area contributed by atoms with Crippen LogP contribution in [0.1, 0.15) is 31.4 Å². The molecule has 0 aliphatic heterocycles. The molecule has 2 aromatic carbocycles. The van der Waals surface area contributed by atoms with E-state index >= 15 is 0 Å². The molecule has 1 N–H and O–H groups in total. The summed E-state index contributed by atoms with van der Waals surface area (Å²) < 4.78 is 51.1. The van der Waals surface area contributed by atoms with Gasteiger partial charge >= 0.3 is 0 Å². The number of carbonyl (C=O) groups is 1. The minimum absolute atomic E-state index is 0.100. The van der Waals surface area contributed by atoms with Crippen LogP contribution in [-0.2, 0) is 14.8 Å². The summed E-state index contributed by atoms with van der Waals surface area (Å²) in [6.07, 6.45) is 1.48. The molecule has 8 heteroatoms. The number of rotatable bonds is 8. The van der Waals surface area contributed by atoms with Crippen LogP contribution in [0.3, 0.4) is 0 Å². The van der Waals surface area contributed by atoms with E-state index in [0.29, 0.717) is 12.1 Å². The normalized spacial score (nSPS) is 12.4. The molecule has 0 saturated carbocycles. The first-order valence-corrected chi connectivity index (χ1v) is 10.3. The molecule has 0 radical (unpaired) electrons. The van der Waals surface area contributed by atoms with Gasteiger partial charge in [0.1, 0.15) is 11.6 Å². The van der Waals surface area contributed by atoms with Gasteiger partial charge in [-0.3, -0.25) is 9.10 Å². The van der Waals surface area contributed by atoms with Crippen LogP contribution < -0.4 is 9.62 Å². The first-order valence-electron chi connectivity index (χ1n) is 8.45. The molecule has 0 aromatic heterocycles. The quantitative estimate of drug-likeness (QED) is 0.744. The van der Waals surface area contributed by atoms with E-state index in [1.807, 2.05) is 0 Å². The maximum atomic E-state index is 13.0. The van der Waals surface area contributed by atoms with Gasteiger partial charge in [0.2, 0.25) is 15.9 Å². The number of sulfonamides is 1. The van der Waals surface area contributed by atoms with Crippen LogP contribution >= 0.6 is 0 Å². The highest BCUT2D eigenvalue weighted by Crippen LogP contribution is 2.19. The van der Waals surface area contributed by atoms with Gasteiger partial charge in [0.25, 0.3) is 0 Å². The molecule has 27 heavy (non-hydrogen) atoms. The molecule has 0 fully saturated rings. The zero-order chi connectivity index (χ0) is 20.0. The predicted octanol–water partition coefficient (Wildman–Crippen LogP) is 3.39. The molecule has 1 atom stereocenters. The Hall–Kier alpha value is -2.48. The molecular weight excluding hydrogens is 374 g/mol. The molecule has 1 unspecified atom stereocenters. The van der Waals surface area contributed by atoms with E-state index in [1.165, 1.54) is 36.4 Å². The number of anilines is 1. The lowest BCUT2D eigenvalue weighted by molar-refractivity contribution is -0.121. The maximum Gasteiger partial charge on any atom is 0.232 e. The summed E-state index contributed by atoms with van der Waals surface area (Å²) in [6, 6.07) is 10.7. The Kier molecular flexibility index (Phi) is 6.90. The fraction of sp³-hybridized carbons (Fsp3) is 0.316. The summed E-state index contributed by atoms with van der Waals surface area (Å²) in [5.41, 5.74) is 1.12. The zero-order valence-corrected chi connectivity index (χ0v) is 16.0. The molecule has 0 aliphatic carbocycles. The monoisotopic (exact) mass is 396 g/mol. The van der Waals surface area contributed by atoms with E-state index in [2.05, 4.69) is 5.32 Å². The Morgan fingerprint density at radius 2 is 1.56 bits per heavy atom. The Morgan fingerprint density at radius 3 is 2.07 bits per heavy atom. The highest BCUT2D eigenvalue weighted by molar-refractivity contribution is 7.92. The van der Waals surface area contributed by atoms with Gasteiger partial charge in [-0.2, -0.15) is 0 Å². The summed E-state index contributed by atoms with van der Waals surface area (Å²) in [5, 5.41) is 2.80. The lowest BCUT2D eigenvalue weighted by Crippen LogP contribution is -2.32. The number of benzene rings is 2. The highest BCUT2D eigenvalue weighted by Gasteiger charge is 2.18. The molecule has 0 bridgehead atoms. The second-order valence-corrected chi connectivity index (χ2v) is 8.16. The summed E-state index contributed by atoms with van der Waals surface area (Å²) in [7, 11) is -3.56. The minimum Gasteiger partial charge on any atom is -0.350 e. The van der Waals surface area contributed by atoms with Crippen molar-refractivity contribution in [3.63, 3.8) is 0 Å². The molecule has 2 aromatic rings. The number of halogens is 2. The van der Waals surface area contributed by atoms with Gasteiger partial charge in [0.15, 0.2) is 0 Å². The number of nitrogens with one attached hydrogen (secondary N) is 1. The molecular formula is C19H22F2N2O3S. The largest absolute Gasteiger partial charge is 0.350 e. The Bertz CT molecular complexity index is 869. The molecule has 0 aliphatic rings. The number of amides is 1. The summed E-state index contributed by atoms with van der Waals surface area (Å²) in [5.74, 6) is -1.04. The number of carbonyl (C=O) groups excluding carboxylic acids is 1. The van der Waals surface area contributed by atoms with Gasteiger partial charge < -0.3 is 5.32 Å². The van der Waals surface area contributed by atoms with Crippen molar-refractivity contribution >= 4 is 21.6 Å². The average molecular weight is 396 g/mol. The lowest BCUT2D eigenvalue weighted by Gasteiger charge is -2.22. The number of hydrogen-bond acceptors (Lipinski definition) is 3. The zero-order valence-electron chi connectivity index (χ0n) is 15.2. The van der Waals surface area contributed by atoms with Crippen LogP contribution in [0.2, 0.25) is 0 Å². The van der Waals surface area contributed by atoms with Gasteiger partial charge in [-0.1, -0.05) is 12.1 Å². The molecule has 0 spiro atoms. The van der Waals surface area contributed by atoms with Gasteiger partial charge in [0.05, 0.1) is 18.0 Å². The van der Waals surface area contributed by atoms with E-state index < -0.39 is 15.8 Å². The second-order valence-electron chi connectivity index (χ2n) is 6.26. The van der Waals surface area contributed by atoms with Gasteiger partial charge in [-0.15, -0.1) is 0 Å². The van der Waals surface area contributed by atoms with Crippen molar-refractivity contribution in [3.8, 4) is 0 Å². The van der Waals surface area contributed by atoms with Crippen molar-refractivity contribution in [2.24, 2.45) is 0 Å². The van der Waals surface area contributed by atoms with Gasteiger partial charge in [0, 0.05) is 13.0 Å². The predicted molar refractivity (Wildman–Crippen MR) is 101 cm³/mol. The van der Waals surface area contributed by atoms with E-state index in [-0.39, 0.29) is 30.7 Å². The molecule has 0 saturated heterocycles. The standard InChI is InChI=1S/C19H22F2N2O3S/c1-14(15-5-7-16(20)8-6-15)22-19(24)4-3-13-23(27(2,25)26)18-11-9-17(21)10-12-18/h5-12,14H,3-4,13H2,1-2H3,(H,22,24). The molecule has 1 amide bonds. The fourth-order valence-corrected chi connectivity index (χ4v) is 3.59. The van der Waals surface area contributed by atoms with Gasteiger partial charge in [-0.25, -0.2) is 17.2 Å². The van der Waals surface area contributed by atoms with E-state index in [4.69, 9.17) is 0 Å². The van der Waals surface area contributed by atoms with Crippen molar-refractivity contribution in [1.29, 1.82) is 0 Å². The molecule has 0 heterocycles. The lowest BCUT2D eigenvalue weighted by atomic mass is 10.1. The Labute approximate surface area is 158 Å². The van der Waals surface area contributed by atoms with Crippen molar-refractivity contribution in [2.75, 3.05) is 17.1 Å². The van der Waals surface area contributed by atoms with Crippen LogP contribution in [0.4, 0.5) is 14.5 Å². The maximum absolute atomic E-state index is 13.0. The SMILES string of the molecule is CC(NC(=O)CCCN(c1ccc(F)cc1)S(C)(=O)=O)c1ccc(F)cc1. The third kappa shape index (κ3) is 6.32. The van der Waals surface area contributed by atoms with E-state index in [9.17, 15) is 22.0 Å². The molecule has 2 rings (SSSR count). The van der Waals surface area contributed by atoms with E-state index in [0.717, 1.165) is 16.1 Å². The number of nitrogens with zero attached hydrogens (tertiary/aromatic N) is 1. The Morgan fingerprint density at radius 1 is 1.04 bits per heavy atom. The van der Waals surface area contributed by atoms with Crippen LogP contribution in [-0.4, -0.2) is 27.1 Å². The van der Waals surface area contributed by atoms with Crippen LogP contribution in [0.25, 0.3) is 0 Å². The summed E-state index contributed by atoms with van der Waals surface area (Å²) >= 11 is 0. The average Bonchev–Trinajstić information content (AvgIpc) is 2.59. The smallest absolute Gasteiger partial charge is 0.232 e. The van der Waals surface area contributed by atoms with Gasteiger partial charge in [-0.05, 0) is 55.3 Å². The van der Waals surface area contributed by atoms with Crippen molar-refractivity contribution in [1.82, 2.24) is 5.32 Å². The molecule has 146 valence electrons. The van der Waals surface area contributed by atoms with E-state index in [1.54, 1.807) is 19.1 Å². The van der Waals surface area contributed by atoms with Crippen molar-refractivity contribution in [3.05, 3.63) is 65.7 Å². The topological polar surface area (TPSA) is 66.5 Å². The Balaban J connectivity index is 1.91. The van der Waals surface area contributed by atoms with Crippen LogP contribution in [0.5, 0.6) is 0 Å². The van der Waals surface area contributed by atoms with Crippen LogP contribution in [0.15, 0.2) is 48.5 Å². The first-order chi connectivity index (χ1) is 12.7. The highest BCUT2D eigenvalue weighted by atomic mass is 32.2. The van der Waals surface area contributed by atoms with Crippen molar-refractivity contribution < 1.29 is 22.0 Å². The minimum atomic E-state index is -3.56. The molecule has 5 nitrogen and oxygen atoms in total. The van der Waals surface area contributed by atoms with Crippen molar-refractivity contribution in [2.45, 2.75) is 25.8 Å². The first kappa shape index (κ1) is 20.8. The number of hydrogen-bond donors (Lipinski definition) is 1. The third-order valence-electron chi connectivity index (χ3n) is 4.03. The summed E-state index contributed by atoms with van der Waals surface area (Å²) in [6.45, 7) is 1.88. The third-order valence-corrected chi connectivity index (χ3v) is 5.22.